The Balaban J connectivity index is 0.000000791. The van der Waals surface area contributed by atoms with Gasteiger partial charge in [-0.15, -0.1) is 12.6 Å². The van der Waals surface area contributed by atoms with E-state index in [-0.39, 0.29) is 0 Å². The molecule has 0 aromatic heterocycles. The maximum Gasteiger partial charge on any atom is 0.266 e. The molecule has 1 aromatic carbocycles. The van der Waals surface area contributed by atoms with E-state index in [1.165, 1.54) is 0 Å². The first kappa shape index (κ1) is 13.8. The van der Waals surface area contributed by atoms with E-state index >= 15 is 0 Å². The van der Waals surface area contributed by atoms with Crippen LogP contribution in [0.25, 0.3) is 0 Å². The van der Waals surface area contributed by atoms with Crippen LogP contribution in [-0.4, -0.2) is 4.33 Å². The molecule has 1 rings (SSSR count). The monoisotopic (exact) mass is 295 g/mol. The van der Waals surface area contributed by atoms with Crippen molar-refractivity contribution in [3.05, 3.63) is 32.8 Å². The molecule has 0 heterocycles. The van der Waals surface area contributed by atoms with Crippen LogP contribution in [0.15, 0.2) is 32.5 Å². The number of halogens is 1. The lowest BCUT2D eigenvalue weighted by molar-refractivity contribution is -0.284. The molecule has 1 aromatic rings. The van der Waals surface area contributed by atoms with Gasteiger partial charge >= 0.3 is 0 Å². The maximum absolute atomic E-state index is 10.2. The van der Waals surface area contributed by atoms with E-state index in [1.807, 2.05) is 13.8 Å². The minimum atomic E-state index is -0.457. The second-order valence-corrected chi connectivity index (χ2v) is 4.24. The van der Waals surface area contributed by atoms with Crippen LogP contribution in [0.3, 0.4) is 0 Å². The van der Waals surface area contributed by atoms with Crippen molar-refractivity contribution in [1.82, 2.24) is 0 Å². The Bertz CT molecular complexity index is 320. The molecule has 0 radical (unpaired) electrons. The molecule has 14 heavy (non-hydrogen) atoms. The van der Waals surface area contributed by atoms with Gasteiger partial charge in [-0.1, -0.05) is 29.8 Å². The van der Waals surface area contributed by atoms with Gasteiger partial charge in [0.05, 0.1) is 4.90 Å². The maximum atomic E-state index is 10.2. The molecule has 0 aliphatic carbocycles. The fourth-order valence-corrected chi connectivity index (χ4v) is 1.92. The first-order valence-corrected chi connectivity index (χ1v) is 5.92. The van der Waals surface area contributed by atoms with Gasteiger partial charge in [0.25, 0.3) is 11.9 Å². The quantitative estimate of drug-likeness (QED) is 0.387. The number of thiol groups is 1. The fourth-order valence-electron chi connectivity index (χ4n) is 0.641. The number of benzene rings is 1. The Morgan fingerprint density at radius 2 is 2.07 bits per heavy atom. The van der Waals surface area contributed by atoms with Gasteiger partial charge in [0, 0.05) is 9.37 Å². The van der Waals surface area contributed by atoms with Crippen LogP contribution in [0.2, 0.25) is 0 Å². The number of nitro groups is 1. The summed E-state index contributed by atoms with van der Waals surface area (Å²) in [6, 6.07) is 5.15. The van der Waals surface area contributed by atoms with Gasteiger partial charge in [0.15, 0.2) is 0 Å². The van der Waals surface area contributed by atoms with Gasteiger partial charge in [-0.2, -0.15) is 0 Å². The summed E-state index contributed by atoms with van der Waals surface area (Å²) in [5.74, 6) is 0. The summed E-state index contributed by atoms with van der Waals surface area (Å²) in [4.78, 5) is 11.3. The molecule has 0 fully saturated rings. The van der Waals surface area contributed by atoms with E-state index in [0.717, 1.165) is 4.47 Å². The van der Waals surface area contributed by atoms with Crippen molar-refractivity contribution < 1.29 is 4.33 Å². The third-order valence-electron chi connectivity index (χ3n) is 1.09. The van der Waals surface area contributed by atoms with Gasteiger partial charge in [0.1, 0.15) is 4.33 Å². The fraction of sp³-hybridized carbons (Fsp3) is 0.250. The van der Waals surface area contributed by atoms with Crippen LogP contribution in [0.1, 0.15) is 13.8 Å². The van der Waals surface area contributed by atoms with Gasteiger partial charge < -0.3 is 0 Å². The van der Waals surface area contributed by atoms with Crippen LogP contribution in [0, 0.1) is 10.1 Å². The zero-order chi connectivity index (χ0) is 11.1. The number of nitrogens with zero attached hydrogens (tertiary/aromatic N) is 1. The van der Waals surface area contributed by atoms with Crippen molar-refractivity contribution in [3.63, 3.8) is 0 Å². The summed E-state index contributed by atoms with van der Waals surface area (Å²) < 4.78 is 0.353. The highest BCUT2D eigenvalue weighted by atomic mass is 79.9. The highest BCUT2D eigenvalue weighted by molar-refractivity contribution is 9.10. The van der Waals surface area contributed by atoms with E-state index in [2.05, 4.69) is 28.6 Å². The zero-order valence-corrected chi connectivity index (χ0v) is 11.0. The third-order valence-corrected chi connectivity index (χ3v) is 2.81. The molecule has 0 bridgehead atoms. The van der Waals surface area contributed by atoms with Crippen molar-refractivity contribution in [2.75, 3.05) is 0 Å². The van der Waals surface area contributed by atoms with Crippen molar-refractivity contribution in [2.45, 2.75) is 23.6 Å². The summed E-state index contributed by atoms with van der Waals surface area (Å²) in [5, 5.41) is 10.2. The molecular formula is C8H10BrNO2S2. The molecule has 0 saturated carbocycles. The zero-order valence-electron chi connectivity index (χ0n) is 7.73. The van der Waals surface area contributed by atoms with E-state index in [1.54, 1.807) is 18.2 Å². The molecule has 0 amide bonds. The van der Waals surface area contributed by atoms with Crippen LogP contribution in [-0.2, 0) is 0 Å². The van der Waals surface area contributed by atoms with E-state index in [9.17, 15) is 10.1 Å². The lowest BCUT2D eigenvalue weighted by atomic mass is 10.4. The van der Waals surface area contributed by atoms with Crippen molar-refractivity contribution >= 4 is 40.5 Å². The second kappa shape index (κ2) is 7.14. The first-order valence-electron chi connectivity index (χ1n) is 3.90. The molecule has 0 aliphatic heterocycles. The summed E-state index contributed by atoms with van der Waals surface area (Å²) >= 11 is 7.85. The molecule has 0 saturated heterocycles. The molecular weight excluding hydrogens is 286 g/mol. The number of hydrogen-bond acceptors (Lipinski definition) is 4. The lowest BCUT2D eigenvalue weighted by Gasteiger charge is -1.97. The molecule has 3 nitrogen and oxygen atoms in total. The minimum Gasteiger partial charge on any atom is -0.250 e. The third kappa shape index (κ3) is 4.88. The van der Waals surface area contributed by atoms with Crippen LogP contribution in [0.4, 0.5) is 0 Å². The Morgan fingerprint density at radius 1 is 1.50 bits per heavy atom. The normalized spacial score (nSPS) is 8.86. The van der Waals surface area contributed by atoms with Crippen LogP contribution >= 0.6 is 40.5 Å². The smallest absolute Gasteiger partial charge is 0.250 e. The molecule has 0 aliphatic rings. The van der Waals surface area contributed by atoms with E-state index in [0.29, 0.717) is 21.7 Å². The Hall–Kier alpha value is -0.200. The molecule has 78 valence electrons. The summed E-state index contributed by atoms with van der Waals surface area (Å²) in [6.45, 7) is 4.00. The van der Waals surface area contributed by atoms with Crippen molar-refractivity contribution in [1.29, 1.82) is 0 Å². The van der Waals surface area contributed by atoms with Crippen LogP contribution in [0.5, 0.6) is 0 Å². The second-order valence-electron chi connectivity index (χ2n) is 1.93. The van der Waals surface area contributed by atoms with Gasteiger partial charge in [0.2, 0.25) is 0 Å². The molecule has 0 unspecified atom stereocenters. The van der Waals surface area contributed by atoms with Crippen molar-refractivity contribution in [3.8, 4) is 0 Å². The molecule has 6 heteroatoms. The van der Waals surface area contributed by atoms with Crippen molar-refractivity contribution in [2.24, 2.45) is 0 Å². The van der Waals surface area contributed by atoms with E-state index < -0.39 is 4.33 Å². The summed E-state index contributed by atoms with van der Waals surface area (Å²) in [7, 11) is 0. The average molecular weight is 296 g/mol. The Labute approximate surface area is 101 Å². The molecule has 0 N–H and O–H groups in total. The number of rotatable bonds is 2. The topological polar surface area (TPSA) is 43.1 Å². The van der Waals surface area contributed by atoms with Gasteiger partial charge in [-0.3, -0.25) is 10.1 Å². The number of hydrogen-bond donors (Lipinski definition) is 1. The van der Waals surface area contributed by atoms with Gasteiger partial charge in [-0.25, -0.2) is 0 Å². The SMILES string of the molecule is CC.O=[N+]([O-])Sc1cc(Br)ccc1S. The highest BCUT2D eigenvalue weighted by Gasteiger charge is 2.09. The molecule has 0 atom stereocenters. The minimum absolute atomic E-state index is 0.457. The summed E-state index contributed by atoms with van der Waals surface area (Å²) in [6.07, 6.45) is 0. The Morgan fingerprint density at radius 3 is 2.57 bits per heavy atom. The largest absolute Gasteiger partial charge is 0.266 e. The van der Waals surface area contributed by atoms with E-state index in [4.69, 9.17) is 0 Å². The highest BCUT2D eigenvalue weighted by Crippen LogP contribution is 2.28. The predicted octanol–water partition coefficient (Wildman–Crippen LogP) is 4.05. The lowest BCUT2D eigenvalue weighted by Crippen LogP contribution is -1.84. The average Bonchev–Trinajstić information content (AvgIpc) is 2.14. The first-order chi connectivity index (χ1) is 6.59. The standard InChI is InChI=1S/C6H4BrNO2S2.C2H6/c7-4-1-2-5(11)6(3-4)12-8(9)10;1-2/h1-3,11H;1-2H3. The van der Waals surface area contributed by atoms with Crippen LogP contribution < -0.4 is 0 Å². The van der Waals surface area contributed by atoms with Gasteiger partial charge in [-0.05, 0) is 18.2 Å². The summed E-state index contributed by atoms with van der Waals surface area (Å²) in [5.41, 5.74) is 0. The Kier molecular flexibility index (Phi) is 7.04. The molecule has 0 spiro atoms. The predicted molar refractivity (Wildman–Crippen MR) is 65.6 cm³/mol.